The molecule has 0 aliphatic carbocycles. The van der Waals surface area contributed by atoms with Gasteiger partial charge in [-0.25, -0.2) is 5.43 Å². The lowest BCUT2D eigenvalue weighted by molar-refractivity contribution is -0.380. The normalized spacial score (nSPS) is 20.3. The molecule has 1 aromatic heterocycles. The molecule has 0 saturated carbocycles. The Morgan fingerprint density at radius 1 is 1.33 bits per heavy atom. The monoisotopic (exact) mass is 428 g/mol. The lowest BCUT2D eigenvalue weighted by Crippen LogP contribution is -2.40. The van der Waals surface area contributed by atoms with Crippen molar-refractivity contribution < 1.29 is 19.2 Å². The first-order valence-electron chi connectivity index (χ1n) is 9.39. The minimum atomic E-state index is -0.512. The number of benzene rings is 1. The van der Waals surface area contributed by atoms with E-state index in [9.17, 15) is 14.9 Å². The van der Waals surface area contributed by atoms with Crippen LogP contribution in [0.4, 0.5) is 5.00 Å². The lowest BCUT2D eigenvalue weighted by Gasteiger charge is -2.31. The standard InChI is InChI=1S/C20H20N4O5S/c1-3-29-20(25)14-11-21-23-16(12-4-6-13(28-2)7-5-12)10-15(22-19(14)23)17-8-9-18(30-17)24(26)27/h4-10,14,19,21H,3,11H2,1-2H3. The molecule has 2 aromatic rings. The number of rotatable bonds is 6. The molecule has 2 aliphatic rings. The van der Waals surface area contributed by atoms with Gasteiger partial charge in [0.05, 0.1) is 34.9 Å². The molecule has 156 valence electrons. The minimum absolute atomic E-state index is 0.0426. The van der Waals surface area contributed by atoms with E-state index in [-0.39, 0.29) is 17.6 Å². The van der Waals surface area contributed by atoms with Crippen molar-refractivity contribution >= 4 is 33.7 Å². The van der Waals surface area contributed by atoms with Crippen molar-refractivity contribution in [1.82, 2.24) is 10.4 Å². The maximum Gasteiger partial charge on any atom is 0.324 e. The van der Waals surface area contributed by atoms with Gasteiger partial charge >= 0.3 is 11.0 Å². The zero-order chi connectivity index (χ0) is 21.3. The summed E-state index contributed by atoms with van der Waals surface area (Å²) in [6.45, 7) is 2.44. The number of esters is 1. The second-order valence-corrected chi connectivity index (χ2v) is 7.73. The zero-order valence-electron chi connectivity index (χ0n) is 16.4. The first-order chi connectivity index (χ1) is 14.5. The van der Waals surface area contributed by atoms with Crippen molar-refractivity contribution in [2.24, 2.45) is 10.9 Å². The molecule has 3 heterocycles. The predicted octanol–water partition coefficient (Wildman–Crippen LogP) is 2.83. The van der Waals surface area contributed by atoms with E-state index >= 15 is 0 Å². The number of carbonyl (C=O) groups excluding carboxylic acids is 1. The average Bonchev–Trinajstić information content (AvgIpc) is 3.41. The van der Waals surface area contributed by atoms with Crippen molar-refractivity contribution in [1.29, 1.82) is 0 Å². The van der Waals surface area contributed by atoms with Crippen LogP contribution in [0.2, 0.25) is 0 Å². The first kappa shape index (κ1) is 20.0. The van der Waals surface area contributed by atoms with E-state index in [0.717, 1.165) is 28.3 Å². The summed E-state index contributed by atoms with van der Waals surface area (Å²) in [4.78, 5) is 28.6. The number of hydrazine groups is 1. The van der Waals surface area contributed by atoms with E-state index in [0.29, 0.717) is 17.1 Å². The van der Waals surface area contributed by atoms with E-state index < -0.39 is 17.0 Å². The molecule has 0 spiro atoms. The summed E-state index contributed by atoms with van der Waals surface area (Å²) in [6.07, 6.45) is 1.36. The molecule has 0 amide bonds. The Bertz CT molecular complexity index is 1030. The third kappa shape index (κ3) is 3.66. The van der Waals surface area contributed by atoms with Crippen LogP contribution in [0.25, 0.3) is 5.70 Å². The number of carbonyl (C=O) groups is 1. The molecule has 9 nitrogen and oxygen atoms in total. The molecule has 1 saturated heterocycles. The topological polar surface area (TPSA) is 106 Å². The molecule has 30 heavy (non-hydrogen) atoms. The Balaban J connectivity index is 1.76. The second-order valence-electron chi connectivity index (χ2n) is 6.67. The quantitative estimate of drug-likeness (QED) is 0.428. The van der Waals surface area contributed by atoms with Gasteiger partial charge in [0.25, 0.3) is 0 Å². The van der Waals surface area contributed by atoms with E-state index in [1.165, 1.54) is 6.07 Å². The summed E-state index contributed by atoms with van der Waals surface area (Å²) < 4.78 is 10.5. The Hall–Kier alpha value is -3.24. The molecular formula is C20H20N4O5S. The van der Waals surface area contributed by atoms with E-state index in [1.807, 2.05) is 35.4 Å². The number of allylic oxidation sites excluding steroid dienone is 1. The SMILES string of the molecule is CCOC(=O)C1CNN2C(c3ccc(OC)cc3)=CC(c3ccc([N+](=O)[O-])s3)=NC12. The molecule has 2 aliphatic heterocycles. The van der Waals surface area contributed by atoms with Gasteiger partial charge in [0.15, 0.2) is 6.17 Å². The fourth-order valence-corrected chi connectivity index (χ4v) is 4.25. The summed E-state index contributed by atoms with van der Waals surface area (Å²) in [7, 11) is 1.60. The van der Waals surface area contributed by atoms with Crippen molar-refractivity contribution in [3.8, 4) is 5.75 Å². The smallest absolute Gasteiger partial charge is 0.324 e. The molecule has 4 rings (SSSR count). The summed E-state index contributed by atoms with van der Waals surface area (Å²) in [5.74, 6) is -0.0844. The molecule has 2 unspecified atom stereocenters. The number of ether oxygens (including phenoxy) is 2. The van der Waals surface area contributed by atoms with Crippen LogP contribution in [0.3, 0.4) is 0 Å². The second kappa shape index (κ2) is 8.25. The largest absolute Gasteiger partial charge is 0.497 e. The Morgan fingerprint density at radius 3 is 2.73 bits per heavy atom. The highest BCUT2D eigenvalue weighted by atomic mass is 32.1. The number of nitrogens with zero attached hydrogens (tertiary/aromatic N) is 3. The van der Waals surface area contributed by atoms with Crippen LogP contribution in [0.15, 0.2) is 47.5 Å². The maximum absolute atomic E-state index is 12.5. The molecule has 1 fully saturated rings. The van der Waals surface area contributed by atoms with Gasteiger partial charge in [0.2, 0.25) is 0 Å². The highest BCUT2D eigenvalue weighted by molar-refractivity contribution is 7.17. The number of hydrogen-bond acceptors (Lipinski definition) is 9. The first-order valence-corrected chi connectivity index (χ1v) is 10.2. The van der Waals surface area contributed by atoms with Crippen molar-refractivity contribution in [2.45, 2.75) is 13.1 Å². The fourth-order valence-electron chi connectivity index (χ4n) is 3.47. The van der Waals surface area contributed by atoms with Gasteiger partial charge in [0, 0.05) is 12.6 Å². The van der Waals surface area contributed by atoms with Gasteiger partial charge in [-0.3, -0.25) is 24.9 Å². The zero-order valence-corrected chi connectivity index (χ0v) is 17.2. The number of thiophene rings is 1. The van der Waals surface area contributed by atoms with Gasteiger partial charge in [0.1, 0.15) is 11.7 Å². The maximum atomic E-state index is 12.5. The Labute approximate surface area is 176 Å². The number of nitro groups is 1. The number of aliphatic imine (C=N–C) groups is 1. The van der Waals surface area contributed by atoms with Crippen LogP contribution in [0.5, 0.6) is 5.75 Å². The van der Waals surface area contributed by atoms with Gasteiger partial charge < -0.3 is 9.47 Å². The van der Waals surface area contributed by atoms with Gasteiger partial charge in [-0.2, -0.15) is 0 Å². The minimum Gasteiger partial charge on any atom is -0.497 e. The van der Waals surface area contributed by atoms with E-state index in [2.05, 4.69) is 5.43 Å². The molecule has 2 atom stereocenters. The fraction of sp³-hybridized carbons (Fsp3) is 0.300. The van der Waals surface area contributed by atoms with Crippen LogP contribution in [0, 0.1) is 16.0 Å². The molecule has 1 aromatic carbocycles. The predicted molar refractivity (Wildman–Crippen MR) is 112 cm³/mol. The number of methoxy groups -OCH3 is 1. The molecule has 10 heteroatoms. The van der Waals surface area contributed by atoms with Crippen LogP contribution >= 0.6 is 11.3 Å². The molecule has 1 N–H and O–H groups in total. The lowest BCUT2D eigenvalue weighted by atomic mass is 10.0. The van der Waals surface area contributed by atoms with Crippen LogP contribution < -0.4 is 10.2 Å². The Morgan fingerprint density at radius 2 is 2.10 bits per heavy atom. The summed E-state index contributed by atoms with van der Waals surface area (Å²) >= 11 is 1.06. The van der Waals surface area contributed by atoms with E-state index in [4.69, 9.17) is 14.5 Å². The average molecular weight is 428 g/mol. The van der Waals surface area contributed by atoms with Crippen molar-refractivity contribution in [3.05, 3.63) is 63.0 Å². The number of fused-ring (bicyclic) bond motifs is 1. The number of nitrogens with one attached hydrogen (secondary N) is 1. The molecule has 0 radical (unpaired) electrons. The van der Waals surface area contributed by atoms with Gasteiger partial charge in [-0.15, -0.1) is 0 Å². The van der Waals surface area contributed by atoms with Crippen molar-refractivity contribution in [3.63, 3.8) is 0 Å². The van der Waals surface area contributed by atoms with Crippen LogP contribution in [-0.2, 0) is 9.53 Å². The van der Waals surface area contributed by atoms with Gasteiger partial charge in [-0.05, 0) is 48.9 Å². The summed E-state index contributed by atoms with van der Waals surface area (Å²) in [6, 6.07) is 10.7. The summed E-state index contributed by atoms with van der Waals surface area (Å²) in [5, 5.41) is 13.0. The van der Waals surface area contributed by atoms with Crippen molar-refractivity contribution in [2.75, 3.05) is 20.3 Å². The third-order valence-corrected chi connectivity index (χ3v) is 5.97. The van der Waals surface area contributed by atoms with Crippen LogP contribution in [0.1, 0.15) is 17.4 Å². The summed E-state index contributed by atoms with van der Waals surface area (Å²) in [5.41, 5.74) is 5.55. The van der Waals surface area contributed by atoms with Crippen LogP contribution in [-0.4, -0.2) is 48.0 Å². The highest BCUT2D eigenvalue weighted by Crippen LogP contribution is 2.35. The third-order valence-electron chi connectivity index (χ3n) is 4.91. The Kier molecular flexibility index (Phi) is 5.51. The number of hydrogen-bond donors (Lipinski definition) is 1. The molecular weight excluding hydrogens is 408 g/mol. The van der Waals surface area contributed by atoms with Gasteiger partial charge in [-0.1, -0.05) is 11.3 Å². The molecule has 0 bridgehead atoms. The highest BCUT2D eigenvalue weighted by Gasteiger charge is 2.43. The van der Waals surface area contributed by atoms with E-state index in [1.54, 1.807) is 20.1 Å².